The predicted octanol–water partition coefficient (Wildman–Crippen LogP) is 5.02. The van der Waals surface area contributed by atoms with E-state index in [1.807, 2.05) is 19.9 Å². The number of allylic oxidation sites excluding steroid dienone is 2. The molecule has 7 heteroatoms. The second kappa shape index (κ2) is 12.1. The van der Waals surface area contributed by atoms with Crippen LogP contribution in [0.4, 0.5) is 5.69 Å². The molecule has 6 nitrogen and oxygen atoms in total. The summed E-state index contributed by atoms with van der Waals surface area (Å²) in [6.45, 7) is 4.62. The zero-order valence-corrected chi connectivity index (χ0v) is 18.8. The molecule has 1 aliphatic rings. The lowest BCUT2D eigenvalue weighted by molar-refractivity contribution is -0.118. The van der Waals surface area contributed by atoms with Crippen molar-refractivity contribution in [1.82, 2.24) is 0 Å². The molecule has 1 aromatic rings. The van der Waals surface area contributed by atoms with Crippen molar-refractivity contribution in [3.63, 3.8) is 0 Å². The van der Waals surface area contributed by atoms with Crippen molar-refractivity contribution < 1.29 is 23.8 Å². The normalized spacial score (nSPS) is 15.0. The van der Waals surface area contributed by atoms with Gasteiger partial charge in [-0.15, -0.1) is 11.3 Å². The van der Waals surface area contributed by atoms with Crippen LogP contribution in [0.2, 0.25) is 0 Å². The fraction of sp³-hybridized carbons (Fsp3) is 0.636. The number of rotatable bonds is 11. The van der Waals surface area contributed by atoms with E-state index < -0.39 is 5.97 Å². The van der Waals surface area contributed by atoms with Crippen molar-refractivity contribution in [3.05, 3.63) is 21.9 Å². The average molecular weight is 424 g/mol. The zero-order chi connectivity index (χ0) is 21.2. The molecule has 0 radical (unpaired) electrons. The summed E-state index contributed by atoms with van der Waals surface area (Å²) in [6, 6.07) is 1.99. The lowest BCUT2D eigenvalue weighted by atomic mass is 9.98. The average Bonchev–Trinajstić information content (AvgIpc) is 3.19. The Labute approximate surface area is 177 Å². The van der Waals surface area contributed by atoms with Crippen molar-refractivity contribution in [1.29, 1.82) is 0 Å². The van der Waals surface area contributed by atoms with Crippen LogP contribution < -0.4 is 4.90 Å². The topological polar surface area (TPSA) is 65.1 Å². The summed E-state index contributed by atoms with van der Waals surface area (Å²) in [4.78, 5) is 28.5. The van der Waals surface area contributed by atoms with Crippen LogP contribution >= 0.6 is 11.3 Å². The summed E-state index contributed by atoms with van der Waals surface area (Å²) in [6.07, 6.45) is 8.67. The van der Waals surface area contributed by atoms with E-state index in [1.54, 1.807) is 12.0 Å². The third-order valence-corrected chi connectivity index (χ3v) is 6.23. The van der Waals surface area contributed by atoms with E-state index in [1.165, 1.54) is 30.4 Å². The van der Waals surface area contributed by atoms with Gasteiger partial charge in [-0.05, 0) is 57.1 Å². The molecule has 1 atom stereocenters. The summed E-state index contributed by atoms with van der Waals surface area (Å²) in [7, 11) is 2.98. The van der Waals surface area contributed by atoms with Crippen molar-refractivity contribution in [3.8, 4) is 0 Å². The van der Waals surface area contributed by atoms with Gasteiger partial charge in [0.05, 0.1) is 18.9 Å². The van der Waals surface area contributed by atoms with Crippen molar-refractivity contribution in [2.75, 3.05) is 32.5 Å². The largest absolute Gasteiger partial charge is 0.465 e. The van der Waals surface area contributed by atoms with Crippen LogP contribution in [0.3, 0.4) is 0 Å². The molecule has 0 aliphatic heterocycles. The Morgan fingerprint density at radius 2 is 2.07 bits per heavy atom. The molecule has 0 spiro atoms. The molecule has 1 aliphatic carbocycles. The Bertz CT molecular complexity index is 712. The first-order chi connectivity index (χ1) is 14.0. The highest BCUT2D eigenvalue weighted by atomic mass is 32.1. The van der Waals surface area contributed by atoms with E-state index in [-0.39, 0.29) is 18.8 Å². The molecule has 162 valence electrons. The predicted molar refractivity (Wildman–Crippen MR) is 116 cm³/mol. The maximum Gasteiger partial charge on any atom is 0.350 e. The van der Waals surface area contributed by atoms with E-state index in [0.717, 1.165) is 37.0 Å². The number of nitrogens with zero attached hydrogens (tertiary/aromatic N) is 1. The highest BCUT2D eigenvalue weighted by Gasteiger charge is 2.26. The molecular formula is C22H33NO5S. The molecule has 29 heavy (non-hydrogen) atoms. The van der Waals surface area contributed by atoms with Gasteiger partial charge in [0.25, 0.3) is 0 Å². The lowest BCUT2D eigenvalue weighted by Crippen LogP contribution is -2.32. The quantitative estimate of drug-likeness (QED) is 0.369. The Balaban J connectivity index is 2.24. The minimum absolute atomic E-state index is 0.00240. The molecule has 1 unspecified atom stereocenters. The summed E-state index contributed by atoms with van der Waals surface area (Å²) < 4.78 is 15.5. The van der Waals surface area contributed by atoms with E-state index in [0.29, 0.717) is 23.5 Å². The third-order valence-electron chi connectivity index (χ3n) is 5.05. The van der Waals surface area contributed by atoms with Gasteiger partial charge in [-0.1, -0.05) is 13.0 Å². The minimum atomic E-state index is -0.390. The Hall–Kier alpha value is -1.70. The summed E-state index contributed by atoms with van der Waals surface area (Å²) in [5.74, 6) is -0.388. The van der Waals surface area contributed by atoms with Gasteiger partial charge < -0.3 is 19.1 Å². The first kappa shape index (κ1) is 23.6. The highest BCUT2D eigenvalue weighted by Crippen LogP contribution is 2.38. The molecule has 0 fully saturated rings. The van der Waals surface area contributed by atoms with Crippen LogP contribution in [0.1, 0.15) is 73.3 Å². The third kappa shape index (κ3) is 6.66. The maximum absolute atomic E-state index is 12.7. The number of hydrogen-bond donors (Lipinski definition) is 0. The number of hydrogen-bond acceptors (Lipinski definition) is 6. The van der Waals surface area contributed by atoms with Gasteiger partial charge >= 0.3 is 5.97 Å². The van der Waals surface area contributed by atoms with Gasteiger partial charge in [0.2, 0.25) is 5.91 Å². The molecular weight excluding hydrogens is 390 g/mol. The first-order valence-electron chi connectivity index (χ1n) is 10.3. The number of ether oxygens (including phenoxy) is 3. The van der Waals surface area contributed by atoms with Crippen LogP contribution in [0.25, 0.3) is 5.57 Å². The van der Waals surface area contributed by atoms with Crippen LogP contribution in [0.15, 0.2) is 12.1 Å². The molecule has 0 aromatic carbocycles. The first-order valence-corrected chi connectivity index (χ1v) is 11.2. The second-order valence-corrected chi connectivity index (χ2v) is 8.27. The molecule has 0 saturated heterocycles. The molecule has 1 amide bonds. The van der Waals surface area contributed by atoms with E-state index in [2.05, 4.69) is 6.08 Å². The Morgan fingerprint density at radius 3 is 2.69 bits per heavy atom. The number of carbonyl (C=O) groups is 2. The van der Waals surface area contributed by atoms with E-state index in [4.69, 9.17) is 14.2 Å². The molecule has 0 N–H and O–H groups in total. The van der Waals surface area contributed by atoms with Crippen LogP contribution in [-0.2, 0) is 19.0 Å². The van der Waals surface area contributed by atoms with Crippen molar-refractivity contribution in [2.45, 2.75) is 64.9 Å². The molecule has 1 heterocycles. The van der Waals surface area contributed by atoms with E-state index >= 15 is 0 Å². The van der Waals surface area contributed by atoms with Gasteiger partial charge in [0.1, 0.15) is 11.7 Å². The maximum atomic E-state index is 12.7. The second-order valence-electron chi connectivity index (χ2n) is 7.22. The van der Waals surface area contributed by atoms with Gasteiger partial charge in [0, 0.05) is 25.0 Å². The zero-order valence-electron chi connectivity index (χ0n) is 18.0. The van der Waals surface area contributed by atoms with E-state index in [9.17, 15) is 9.59 Å². The molecule has 1 aromatic heterocycles. The summed E-state index contributed by atoms with van der Waals surface area (Å²) >= 11 is 1.43. The van der Waals surface area contributed by atoms with Crippen LogP contribution in [0, 0.1) is 0 Å². The summed E-state index contributed by atoms with van der Waals surface area (Å²) in [5, 5.41) is 0. The number of carbonyl (C=O) groups excluding carboxylic acids is 2. The van der Waals surface area contributed by atoms with Crippen LogP contribution in [-0.4, -0.2) is 45.5 Å². The fourth-order valence-corrected chi connectivity index (χ4v) is 4.56. The highest BCUT2D eigenvalue weighted by molar-refractivity contribution is 7.15. The molecule has 0 bridgehead atoms. The Kier molecular flexibility index (Phi) is 9.84. The number of anilines is 1. The Morgan fingerprint density at radius 1 is 1.28 bits per heavy atom. The van der Waals surface area contributed by atoms with Gasteiger partial charge in [0.15, 0.2) is 0 Å². The van der Waals surface area contributed by atoms with Gasteiger partial charge in [-0.25, -0.2) is 4.79 Å². The summed E-state index contributed by atoms with van der Waals surface area (Å²) in [5.41, 5.74) is 1.93. The monoisotopic (exact) mass is 423 g/mol. The van der Waals surface area contributed by atoms with Crippen LogP contribution in [0.5, 0.6) is 0 Å². The van der Waals surface area contributed by atoms with Crippen molar-refractivity contribution >= 4 is 34.5 Å². The standard InChI is InChI=1S/C22H33NO5S/c1-5-20(24)23(13-9-10-16(2)28-15-26-3)18-14-19(17-11-7-6-8-12-17)29-21(18)22(25)27-4/h11,14,16H,5-10,12-13,15H2,1-4H3. The lowest BCUT2D eigenvalue weighted by Gasteiger charge is -2.23. The number of amides is 1. The van der Waals surface area contributed by atoms with Gasteiger partial charge in [-0.2, -0.15) is 0 Å². The minimum Gasteiger partial charge on any atom is -0.465 e. The molecule has 2 rings (SSSR count). The molecule has 0 saturated carbocycles. The number of thiophene rings is 1. The SMILES string of the molecule is CCC(=O)N(CCCC(C)OCOC)c1cc(C2=CCCCC2)sc1C(=O)OC. The van der Waals surface area contributed by atoms with Crippen molar-refractivity contribution in [2.24, 2.45) is 0 Å². The van der Waals surface area contributed by atoms with Gasteiger partial charge in [-0.3, -0.25) is 4.79 Å². The number of esters is 1. The smallest absolute Gasteiger partial charge is 0.350 e. The number of methoxy groups -OCH3 is 2. The fourth-order valence-electron chi connectivity index (χ4n) is 3.42.